The van der Waals surface area contributed by atoms with Gasteiger partial charge in [-0.2, -0.15) is 5.10 Å². The van der Waals surface area contributed by atoms with Crippen LogP contribution in [0.4, 0.5) is 0 Å². The van der Waals surface area contributed by atoms with E-state index in [9.17, 15) is 0 Å². The lowest BCUT2D eigenvalue weighted by atomic mass is 9.98. The molecule has 176 valence electrons. The van der Waals surface area contributed by atoms with E-state index in [4.69, 9.17) is 0 Å². The normalized spacial score (nSPS) is 12.9. The Balaban J connectivity index is 1.81. The first-order valence-corrected chi connectivity index (χ1v) is 12.3. The van der Waals surface area contributed by atoms with E-state index in [-0.39, 0.29) is 0 Å². The van der Waals surface area contributed by atoms with Crippen LogP contribution >= 0.6 is 11.3 Å². The standard InChI is InChI=1S/C30H30N4S/c1-8-11-19(6)22(10-3)21-15-25-29(33-34-30(25)31-17-21)26-16-24(20(7)32-26)23(12-9-2)28-14-13-27(35-28)18(4)5/h8-17,32H,1-2,4H2,3,5-7H3,(H,31,33,34)/b19-11-,22-10+,23-12+. The molecule has 0 radical (unpaired) electrons. The Morgan fingerprint density at radius 3 is 2.46 bits per heavy atom. The van der Waals surface area contributed by atoms with Gasteiger partial charge in [-0.1, -0.05) is 50.1 Å². The maximum Gasteiger partial charge on any atom is 0.181 e. The zero-order valence-electron chi connectivity index (χ0n) is 20.7. The quantitative estimate of drug-likeness (QED) is 0.249. The summed E-state index contributed by atoms with van der Waals surface area (Å²) in [4.78, 5) is 10.5. The lowest BCUT2D eigenvalue weighted by Gasteiger charge is -2.07. The van der Waals surface area contributed by atoms with Gasteiger partial charge in [-0.05, 0) is 68.7 Å². The maximum absolute atomic E-state index is 4.62. The minimum Gasteiger partial charge on any atom is -0.357 e. The van der Waals surface area contributed by atoms with E-state index in [0.29, 0.717) is 5.65 Å². The molecule has 4 rings (SSSR count). The minimum absolute atomic E-state index is 0.685. The van der Waals surface area contributed by atoms with Crippen LogP contribution in [0.2, 0.25) is 0 Å². The summed E-state index contributed by atoms with van der Waals surface area (Å²) in [6, 6.07) is 8.59. The number of thiophene rings is 1. The molecule has 2 N–H and O–H groups in total. The van der Waals surface area contributed by atoms with Crippen LogP contribution in [0.25, 0.3) is 39.1 Å². The van der Waals surface area contributed by atoms with Gasteiger partial charge in [0.1, 0.15) is 0 Å². The molecule has 4 aromatic rings. The topological polar surface area (TPSA) is 57.4 Å². The summed E-state index contributed by atoms with van der Waals surface area (Å²) in [6.07, 6.45) is 11.7. The fraction of sp³-hybridized carbons (Fsp3) is 0.133. The van der Waals surface area contributed by atoms with Crippen LogP contribution < -0.4 is 0 Å². The maximum atomic E-state index is 4.62. The number of nitrogens with zero attached hydrogens (tertiary/aromatic N) is 2. The summed E-state index contributed by atoms with van der Waals surface area (Å²) in [5.41, 5.74) is 10.3. The van der Waals surface area contributed by atoms with E-state index in [1.807, 2.05) is 32.2 Å². The van der Waals surface area contributed by atoms with Crippen LogP contribution in [0.1, 0.15) is 47.3 Å². The van der Waals surface area contributed by atoms with E-state index in [2.05, 4.69) is 90.2 Å². The first kappa shape index (κ1) is 24.2. The number of allylic oxidation sites excluding steroid dienone is 8. The van der Waals surface area contributed by atoms with Crippen molar-refractivity contribution in [3.63, 3.8) is 0 Å². The molecular weight excluding hydrogens is 448 g/mol. The molecule has 0 bridgehead atoms. The number of hydrogen-bond donors (Lipinski definition) is 2. The molecule has 0 saturated carbocycles. The van der Waals surface area contributed by atoms with Gasteiger partial charge < -0.3 is 4.98 Å². The van der Waals surface area contributed by atoms with Crippen LogP contribution in [-0.2, 0) is 0 Å². The number of pyridine rings is 1. The number of H-pyrrole nitrogens is 2. The van der Waals surface area contributed by atoms with Crippen molar-refractivity contribution in [2.45, 2.75) is 27.7 Å². The zero-order chi connectivity index (χ0) is 25.1. The monoisotopic (exact) mass is 478 g/mol. The molecule has 35 heavy (non-hydrogen) atoms. The number of rotatable bonds is 8. The first-order valence-electron chi connectivity index (χ1n) is 11.5. The molecule has 5 heteroatoms. The summed E-state index contributed by atoms with van der Waals surface area (Å²) in [7, 11) is 0. The highest BCUT2D eigenvalue weighted by atomic mass is 32.1. The fourth-order valence-corrected chi connectivity index (χ4v) is 5.22. The second-order valence-electron chi connectivity index (χ2n) is 8.46. The summed E-state index contributed by atoms with van der Waals surface area (Å²) in [5.74, 6) is 0. The first-order chi connectivity index (χ1) is 16.9. The second-order valence-corrected chi connectivity index (χ2v) is 9.55. The molecule has 0 atom stereocenters. The van der Waals surface area contributed by atoms with Crippen molar-refractivity contribution >= 4 is 39.1 Å². The minimum atomic E-state index is 0.685. The smallest absolute Gasteiger partial charge is 0.181 e. The number of nitrogens with one attached hydrogen (secondary N) is 2. The van der Waals surface area contributed by atoms with Gasteiger partial charge in [0.25, 0.3) is 0 Å². The average molecular weight is 479 g/mol. The third-order valence-corrected chi connectivity index (χ3v) is 7.23. The molecule has 4 aromatic heterocycles. The van der Waals surface area contributed by atoms with Crippen molar-refractivity contribution in [2.75, 3.05) is 0 Å². The predicted molar refractivity (Wildman–Crippen MR) is 152 cm³/mol. The van der Waals surface area contributed by atoms with Gasteiger partial charge >= 0.3 is 0 Å². The lowest BCUT2D eigenvalue weighted by molar-refractivity contribution is 1.09. The van der Waals surface area contributed by atoms with Crippen molar-refractivity contribution in [3.05, 3.63) is 113 Å². The molecule has 0 amide bonds. The van der Waals surface area contributed by atoms with Crippen LogP contribution in [0, 0.1) is 6.92 Å². The van der Waals surface area contributed by atoms with Gasteiger partial charge in [-0.15, -0.1) is 11.3 Å². The largest absolute Gasteiger partial charge is 0.357 e. The molecule has 0 aliphatic rings. The number of aromatic amines is 2. The lowest BCUT2D eigenvalue weighted by Crippen LogP contribution is -1.89. The Hall–Kier alpha value is -3.96. The highest BCUT2D eigenvalue weighted by Crippen LogP contribution is 2.37. The summed E-state index contributed by atoms with van der Waals surface area (Å²) >= 11 is 1.74. The van der Waals surface area contributed by atoms with Crippen LogP contribution in [0.15, 0.2) is 86.2 Å². The number of fused-ring (bicyclic) bond motifs is 1. The van der Waals surface area contributed by atoms with Gasteiger partial charge in [0.15, 0.2) is 5.65 Å². The van der Waals surface area contributed by atoms with E-state index >= 15 is 0 Å². The number of aromatic nitrogens is 4. The third-order valence-electron chi connectivity index (χ3n) is 5.95. The van der Waals surface area contributed by atoms with Gasteiger partial charge in [0, 0.05) is 43.7 Å². The molecule has 0 aromatic carbocycles. The van der Waals surface area contributed by atoms with E-state index in [1.54, 1.807) is 17.4 Å². The molecular formula is C30H30N4S. The van der Waals surface area contributed by atoms with Gasteiger partial charge in [-0.25, -0.2) is 4.98 Å². The molecule has 0 unspecified atom stereocenters. The van der Waals surface area contributed by atoms with Gasteiger partial charge in [0.05, 0.1) is 11.4 Å². The van der Waals surface area contributed by atoms with E-state index < -0.39 is 0 Å². The van der Waals surface area contributed by atoms with Crippen molar-refractivity contribution in [1.29, 1.82) is 0 Å². The number of hydrogen-bond acceptors (Lipinski definition) is 3. The molecule has 0 aliphatic heterocycles. The van der Waals surface area contributed by atoms with Crippen LogP contribution in [0.3, 0.4) is 0 Å². The molecule has 0 fully saturated rings. The predicted octanol–water partition coefficient (Wildman–Crippen LogP) is 8.51. The average Bonchev–Trinajstić information content (AvgIpc) is 3.56. The van der Waals surface area contributed by atoms with Crippen LogP contribution in [0.5, 0.6) is 0 Å². The summed E-state index contributed by atoms with van der Waals surface area (Å²) in [6.45, 7) is 20.1. The molecule has 0 saturated heterocycles. The highest BCUT2D eigenvalue weighted by Gasteiger charge is 2.18. The SMILES string of the molecule is C=C/C=C(C)\C(=C/C)c1cnc2n[nH]c(-c3cc(/C(=C\C=C)c4ccc(C(=C)C)s4)c(C)[nH]3)c2c1. The summed E-state index contributed by atoms with van der Waals surface area (Å²) in [5, 5.41) is 8.62. The van der Waals surface area contributed by atoms with Crippen molar-refractivity contribution in [2.24, 2.45) is 0 Å². The Morgan fingerprint density at radius 2 is 1.80 bits per heavy atom. The fourth-order valence-electron chi connectivity index (χ4n) is 4.25. The number of aryl methyl sites for hydroxylation is 1. The van der Waals surface area contributed by atoms with Crippen molar-refractivity contribution < 1.29 is 0 Å². The Labute approximate surface area is 210 Å². The third kappa shape index (κ3) is 4.68. The zero-order valence-corrected chi connectivity index (χ0v) is 21.5. The molecule has 4 heterocycles. The molecule has 0 spiro atoms. The van der Waals surface area contributed by atoms with Crippen molar-refractivity contribution in [3.8, 4) is 11.4 Å². The highest BCUT2D eigenvalue weighted by molar-refractivity contribution is 7.14. The molecule has 0 aliphatic carbocycles. The van der Waals surface area contributed by atoms with Gasteiger partial charge in [-0.3, -0.25) is 5.10 Å². The molecule has 4 nitrogen and oxygen atoms in total. The van der Waals surface area contributed by atoms with Crippen LogP contribution in [-0.4, -0.2) is 20.2 Å². The van der Waals surface area contributed by atoms with E-state index in [0.717, 1.165) is 55.9 Å². The van der Waals surface area contributed by atoms with Crippen molar-refractivity contribution in [1.82, 2.24) is 20.2 Å². The Morgan fingerprint density at radius 1 is 1.06 bits per heavy atom. The van der Waals surface area contributed by atoms with E-state index in [1.165, 1.54) is 9.75 Å². The second kappa shape index (κ2) is 10.1. The van der Waals surface area contributed by atoms with Gasteiger partial charge in [0.2, 0.25) is 0 Å². The Kier molecular flexibility index (Phi) is 6.99. The summed E-state index contributed by atoms with van der Waals surface area (Å²) < 4.78 is 0. The Bertz CT molecular complexity index is 1530.